The van der Waals surface area contributed by atoms with Crippen molar-refractivity contribution < 1.29 is 9.53 Å². The summed E-state index contributed by atoms with van der Waals surface area (Å²) in [6.45, 7) is 4.59. The number of carbonyl (C=O) groups excluding carboxylic acids is 1. The van der Waals surface area contributed by atoms with Crippen molar-refractivity contribution in [3.05, 3.63) is 35.9 Å². The maximum atomic E-state index is 11.7. The van der Waals surface area contributed by atoms with Gasteiger partial charge in [-0.3, -0.25) is 9.69 Å². The monoisotopic (exact) mass is 300 g/mol. The molecule has 1 amide bonds. The molecule has 4 nitrogen and oxygen atoms in total. The van der Waals surface area contributed by atoms with Gasteiger partial charge in [0.1, 0.15) is 0 Å². The molecule has 0 bridgehead atoms. The lowest BCUT2D eigenvalue weighted by molar-refractivity contribution is -0.117. The molecular weight excluding hydrogens is 276 g/mol. The summed E-state index contributed by atoms with van der Waals surface area (Å²) in [4.78, 5) is 14.0. The van der Waals surface area contributed by atoms with Crippen LogP contribution in [0.4, 0.5) is 0 Å². The Balaban J connectivity index is 2.06. The third-order valence-corrected chi connectivity index (χ3v) is 4.31. The Morgan fingerprint density at radius 1 is 1.32 bits per heavy atom. The van der Waals surface area contributed by atoms with Crippen molar-refractivity contribution in [2.24, 2.45) is 0 Å². The normalized spacial score (nSPS) is 16.7. The van der Waals surface area contributed by atoms with Crippen LogP contribution < -0.4 is 5.32 Å². The van der Waals surface area contributed by atoms with Crippen LogP contribution in [-0.4, -0.2) is 43.2 Å². The van der Waals surface area contributed by atoms with Gasteiger partial charge in [-0.25, -0.2) is 0 Å². The molecule has 4 heteroatoms. The van der Waals surface area contributed by atoms with Gasteiger partial charge in [0.25, 0.3) is 5.91 Å². The Labute approximate surface area is 132 Å². The molecule has 0 radical (unpaired) electrons. The predicted octanol–water partition coefficient (Wildman–Crippen LogP) is 1.81. The zero-order valence-corrected chi connectivity index (χ0v) is 13.4. The topological polar surface area (TPSA) is 41.6 Å². The van der Waals surface area contributed by atoms with Crippen LogP contribution in [0, 0.1) is 11.8 Å². The first-order valence-electron chi connectivity index (χ1n) is 7.70. The molecule has 2 rings (SSSR count). The van der Waals surface area contributed by atoms with Crippen LogP contribution in [0.2, 0.25) is 0 Å². The van der Waals surface area contributed by atoms with Crippen LogP contribution in [0.5, 0.6) is 0 Å². The zero-order valence-electron chi connectivity index (χ0n) is 13.4. The van der Waals surface area contributed by atoms with E-state index in [2.05, 4.69) is 53.4 Å². The molecule has 1 saturated heterocycles. The minimum Gasteiger partial charge on any atom is -0.381 e. The molecule has 0 atom stereocenters. The number of carbonyl (C=O) groups is 1. The molecule has 1 fully saturated rings. The molecule has 0 saturated carbocycles. The third-order valence-electron chi connectivity index (χ3n) is 4.31. The quantitative estimate of drug-likeness (QED) is 0.843. The summed E-state index contributed by atoms with van der Waals surface area (Å²) in [5.74, 6) is 4.97. The van der Waals surface area contributed by atoms with E-state index in [-0.39, 0.29) is 11.4 Å². The highest BCUT2D eigenvalue weighted by atomic mass is 16.5. The van der Waals surface area contributed by atoms with E-state index in [1.165, 1.54) is 5.56 Å². The fourth-order valence-corrected chi connectivity index (χ4v) is 2.87. The number of amides is 1. The van der Waals surface area contributed by atoms with Gasteiger partial charge in [0, 0.05) is 31.8 Å². The molecule has 0 aromatic heterocycles. The van der Waals surface area contributed by atoms with Crippen LogP contribution in [0.1, 0.15) is 25.3 Å². The smallest absolute Gasteiger partial charge is 0.295 e. The van der Waals surface area contributed by atoms with E-state index >= 15 is 0 Å². The van der Waals surface area contributed by atoms with Gasteiger partial charge in [-0.05, 0) is 38.3 Å². The summed E-state index contributed by atoms with van der Waals surface area (Å²) in [5.41, 5.74) is 1.20. The Morgan fingerprint density at radius 3 is 2.64 bits per heavy atom. The SMILES string of the molecule is CC#CC(=O)NCC1(N(C)Cc2ccccc2)CCOCC1. The number of likely N-dealkylation sites (N-methyl/N-ethyl adjacent to an activating group) is 1. The van der Waals surface area contributed by atoms with Crippen molar-refractivity contribution in [2.75, 3.05) is 26.8 Å². The first-order valence-corrected chi connectivity index (χ1v) is 7.70. The fraction of sp³-hybridized carbons (Fsp3) is 0.500. The van der Waals surface area contributed by atoms with E-state index in [1.54, 1.807) is 6.92 Å². The van der Waals surface area contributed by atoms with E-state index in [0.717, 1.165) is 32.6 Å². The number of hydrogen-bond acceptors (Lipinski definition) is 3. The van der Waals surface area contributed by atoms with Crippen molar-refractivity contribution in [3.63, 3.8) is 0 Å². The molecule has 1 aliphatic heterocycles. The van der Waals surface area contributed by atoms with Crippen molar-refractivity contribution in [1.82, 2.24) is 10.2 Å². The fourth-order valence-electron chi connectivity index (χ4n) is 2.87. The van der Waals surface area contributed by atoms with Crippen LogP contribution in [0.3, 0.4) is 0 Å². The van der Waals surface area contributed by atoms with Crippen LogP contribution in [-0.2, 0) is 16.1 Å². The number of hydrogen-bond donors (Lipinski definition) is 1. The zero-order chi connectivity index (χ0) is 15.8. The highest BCUT2D eigenvalue weighted by Crippen LogP contribution is 2.27. The average Bonchev–Trinajstić information content (AvgIpc) is 2.55. The van der Waals surface area contributed by atoms with E-state index in [4.69, 9.17) is 4.74 Å². The van der Waals surface area contributed by atoms with Gasteiger partial charge in [-0.15, -0.1) is 0 Å². The summed E-state index contributed by atoms with van der Waals surface area (Å²) < 4.78 is 5.51. The van der Waals surface area contributed by atoms with Crippen LogP contribution in [0.25, 0.3) is 0 Å². The van der Waals surface area contributed by atoms with Gasteiger partial charge in [0.05, 0.1) is 0 Å². The van der Waals surface area contributed by atoms with E-state index in [9.17, 15) is 4.79 Å². The van der Waals surface area contributed by atoms with Crippen LogP contribution in [0.15, 0.2) is 30.3 Å². The van der Waals surface area contributed by atoms with Gasteiger partial charge in [0.15, 0.2) is 0 Å². The van der Waals surface area contributed by atoms with Gasteiger partial charge in [-0.1, -0.05) is 36.3 Å². The summed E-state index contributed by atoms with van der Waals surface area (Å²) >= 11 is 0. The largest absolute Gasteiger partial charge is 0.381 e. The molecule has 1 aliphatic rings. The summed E-state index contributed by atoms with van der Waals surface area (Å²) in [6, 6.07) is 10.4. The highest BCUT2D eigenvalue weighted by molar-refractivity contribution is 5.93. The molecule has 118 valence electrons. The van der Waals surface area contributed by atoms with Crippen molar-refractivity contribution in [2.45, 2.75) is 31.8 Å². The molecule has 0 aliphatic carbocycles. The minimum absolute atomic E-state index is 0.0703. The Hall–Kier alpha value is -1.83. The number of nitrogens with zero attached hydrogens (tertiary/aromatic N) is 1. The van der Waals surface area contributed by atoms with E-state index < -0.39 is 0 Å². The lowest BCUT2D eigenvalue weighted by Crippen LogP contribution is -2.56. The first kappa shape index (κ1) is 16.5. The number of benzene rings is 1. The second-order valence-electron chi connectivity index (χ2n) is 5.74. The maximum Gasteiger partial charge on any atom is 0.295 e. The van der Waals surface area contributed by atoms with Crippen molar-refractivity contribution in [1.29, 1.82) is 0 Å². The molecule has 1 heterocycles. The third kappa shape index (κ3) is 4.33. The lowest BCUT2D eigenvalue weighted by Gasteiger charge is -2.44. The number of nitrogens with one attached hydrogen (secondary N) is 1. The summed E-state index contributed by atoms with van der Waals surface area (Å²) in [5, 5.41) is 2.95. The second kappa shape index (κ2) is 7.98. The molecular formula is C18H24N2O2. The summed E-state index contributed by atoms with van der Waals surface area (Å²) in [6.07, 6.45) is 1.83. The molecule has 1 aromatic carbocycles. The standard InChI is InChI=1S/C18H24N2O2/c1-3-7-17(21)19-15-18(10-12-22-13-11-18)20(2)14-16-8-5-4-6-9-16/h4-6,8-9H,10-15H2,1-2H3,(H,19,21). The molecule has 1 aromatic rings. The predicted molar refractivity (Wildman–Crippen MR) is 87.2 cm³/mol. The van der Waals surface area contributed by atoms with Gasteiger partial charge < -0.3 is 10.1 Å². The maximum absolute atomic E-state index is 11.7. The average molecular weight is 300 g/mol. The molecule has 22 heavy (non-hydrogen) atoms. The van der Waals surface area contributed by atoms with Crippen molar-refractivity contribution >= 4 is 5.91 Å². The van der Waals surface area contributed by atoms with E-state index in [0.29, 0.717) is 6.54 Å². The summed E-state index contributed by atoms with van der Waals surface area (Å²) in [7, 11) is 2.12. The minimum atomic E-state index is -0.207. The Kier molecular flexibility index (Phi) is 6.00. The number of rotatable bonds is 5. The van der Waals surface area contributed by atoms with E-state index in [1.807, 2.05) is 6.07 Å². The second-order valence-corrected chi connectivity index (χ2v) is 5.74. The lowest BCUT2D eigenvalue weighted by atomic mass is 9.87. The number of ether oxygens (including phenoxy) is 1. The van der Waals surface area contributed by atoms with Gasteiger partial charge >= 0.3 is 0 Å². The molecule has 0 unspecified atom stereocenters. The van der Waals surface area contributed by atoms with Crippen molar-refractivity contribution in [3.8, 4) is 11.8 Å². The molecule has 1 N–H and O–H groups in total. The van der Waals surface area contributed by atoms with Crippen LogP contribution >= 0.6 is 0 Å². The molecule has 0 spiro atoms. The first-order chi connectivity index (χ1) is 10.7. The van der Waals surface area contributed by atoms with Gasteiger partial charge in [-0.2, -0.15) is 0 Å². The Morgan fingerprint density at radius 2 is 2.00 bits per heavy atom. The Bertz CT molecular complexity index is 539. The highest BCUT2D eigenvalue weighted by Gasteiger charge is 2.36. The van der Waals surface area contributed by atoms with Gasteiger partial charge in [0.2, 0.25) is 0 Å².